The van der Waals surface area contributed by atoms with Gasteiger partial charge in [-0.25, -0.2) is 0 Å². The molecule has 0 aromatic heterocycles. The van der Waals surface area contributed by atoms with E-state index in [4.69, 9.17) is 0 Å². The van der Waals surface area contributed by atoms with Crippen LogP contribution < -0.4 is 6.15 Å². The summed E-state index contributed by atoms with van der Waals surface area (Å²) in [6.07, 6.45) is 6.83. The molecule has 1 aromatic carbocycles. The van der Waals surface area contributed by atoms with Gasteiger partial charge in [-0.05, 0) is 60.4 Å². The molecule has 0 aliphatic carbocycles. The predicted octanol–water partition coefficient (Wildman–Crippen LogP) is 5.21. The van der Waals surface area contributed by atoms with Gasteiger partial charge in [-0.3, -0.25) is 4.55 Å². The minimum atomic E-state index is -4.21. The fraction of sp³-hybridized carbons (Fsp3) is 0.684. The first kappa shape index (κ1) is 23.1. The van der Waals surface area contributed by atoms with Crippen molar-refractivity contribution >= 4 is 10.1 Å². The second kappa shape index (κ2) is 10.2. The third kappa shape index (κ3) is 5.04. The molecule has 0 fully saturated rings. The van der Waals surface area contributed by atoms with Crippen LogP contribution in [-0.4, -0.2) is 13.0 Å². The molecule has 1 rings (SSSR count). The molecule has 0 unspecified atom stereocenters. The van der Waals surface area contributed by atoms with Gasteiger partial charge in [0, 0.05) is 0 Å². The predicted molar refractivity (Wildman–Crippen MR) is 102 cm³/mol. The molecule has 140 valence electrons. The van der Waals surface area contributed by atoms with E-state index in [0.29, 0.717) is 12.8 Å². The van der Waals surface area contributed by atoms with Gasteiger partial charge in [-0.2, -0.15) is 8.42 Å². The van der Waals surface area contributed by atoms with Gasteiger partial charge in [0.1, 0.15) is 4.90 Å². The lowest BCUT2D eigenvalue weighted by atomic mass is 9.85. The molecule has 0 radical (unpaired) electrons. The van der Waals surface area contributed by atoms with Crippen LogP contribution in [0.2, 0.25) is 0 Å². The maximum atomic E-state index is 12.2. The smallest absolute Gasteiger partial charge is 0.295 e. The zero-order chi connectivity index (χ0) is 17.6. The first-order valence-electron chi connectivity index (χ1n) is 8.96. The maximum absolute atomic E-state index is 12.2. The monoisotopic (exact) mass is 357 g/mol. The Morgan fingerprint density at radius 3 is 1.25 bits per heavy atom. The lowest BCUT2D eigenvalue weighted by molar-refractivity contribution is 0.480. The van der Waals surface area contributed by atoms with Gasteiger partial charge < -0.3 is 6.15 Å². The summed E-state index contributed by atoms with van der Waals surface area (Å²) in [6, 6.07) is 0. The first-order chi connectivity index (χ1) is 10.8. The van der Waals surface area contributed by atoms with Crippen molar-refractivity contribution in [3.8, 4) is 0 Å². The Morgan fingerprint density at radius 2 is 1.00 bits per heavy atom. The van der Waals surface area contributed by atoms with Crippen LogP contribution in [0.15, 0.2) is 4.90 Å². The molecule has 1 aromatic rings. The molecule has 24 heavy (non-hydrogen) atoms. The fourth-order valence-corrected chi connectivity index (χ4v) is 4.68. The summed E-state index contributed by atoms with van der Waals surface area (Å²) in [6.45, 7) is 10.5. The molecule has 0 aliphatic rings. The highest BCUT2D eigenvalue weighted by Gasteiger charge is 2.26. The van der Waals surface area contributed by atoms with E-state index < -0.39 is 10.1 Å². The Hall–Kier alpha value is -0.910. The summed E-state index contributed by atoms with van der Waals surface area (Å²) < 4.78 is 34.4. The molecule has 0 amide bonds. The molecule has 4 N–H and O–H groups in total. The number of hydrogen-bond acceptors (Lipinski definition) is 3. The fourth-order valence-electron chi connectivity index (χ4n) is 3.61. The minimum Gasteiger partial charge on any atom is -0.344 e. The largest absolute Gasteiger partial charge is 0.344 e. The summed E-state index contributed by atoms with van der Waals surface area (Å²) in [7, 11) is -4.21. The highest BCUT2D eigenvalue weighted by Crippen LogP contribution is 2.34. The molecular weight excluding hydrogens is 322 g/mol. The summed E-state index contributed by atoms with van der Waals surface area (Å²) in [4.78, 5) is 0.221. The van der Waals surface area contributed by atoms with E-state index in [9.17, 15) is 13.0 Å². The van der Waals surface area contributed by atoms with E-state index in [2.05, 4.69) is 34.6 Å². The molecule has 0 bridgehead atoms. The van der Waals surface area contributed by atoms with Crippen LogP contribution in [0.1, 0.15) is 81.2 Å². The quantitative estimate of drug-likeness (QED) is 0.593. The van der Waals surface area contributed by atoms with Gasteiger partial charge in [-0.15, -0.1) is 0 Å². The van der Waals surface area contributed by atoms with Gasteiger partial charge in [-0.1, -0.05) is 53.4 Å². The van der Waals surface area contributed by atoms with E-state index >= 15 is 0 Å². The molecule has 0 spiro atoms. The van der Waals surface area contributed by atoms with Crippen LogP contribution in [0.3, 0.4) is 0 Å². The normalized spacial score (nSPS) is 11.4. The van der Waals surface area contributed by atoms with Gasteiger partial charge in [0.25, 0.3) is 10.1 Å². The van der Waals surface area contributed by atoms with Crippen molar-refractivity contribution < 1.29 is 13.0 Å². The summed E-state index contributed by atoms with van der Waals surface area (Å²) in [5, 5.41) is 0. The molecule has 0 aliphatic heterocycles. The molecule has 4 nitrogen and oxygen atoms in total. The van der Waals surface area contributed by atoms with Gasteiger partial charge in [0.2, 0.25) is 0 Å². The second-order valence-electron chi connectivity index (χ2n) is 6.34. The third-order valence-corrected chi connectivity index (χ3v) is 5.45. The molecule has 0 atom stereocenters. The van der Waals surface area contributed by atoms with Crippen LogP contribution in [0, 0.1) is 6.92 Å². The lowest BCUT2D eigenvalue weighted by Crippen LogP contribution is -2.16. The summed E-state index contributed by atoms with van der Waals surface area (Å²) in [5.41, 5.74) is 5.25. The lowest BCUT2D eigenvalue weighted by Gasteiger charge is -2.24. The molecule has 5 heteroatoms. The summed E-state index contributed by atoms with van der Waals surface area (Å²) >= 11 is 0. The standard InChI is InChI=1S/C19H32O3S.H3N/c1-6-10-15-14(5)16(11-7-2)18(13-9-4)19(23(20,21)22)17(15)12-8-3;/h6-13H2,1-5H3,(H,20,21,22);1H3. The van der Waals surface area contributed by atoms with Crippen LogP contribution >= 0.6 is 0 Å². The Morgan fingerprint density at radius 1 is 0.708 bits per heavy atom. The molecule has 0 heterocycles. The average Bonchev–Trinajstić information content (AvgIpc) is 2.46. The molecular formula is C19H35NO3S. The van der Waals surface area contributed by atoms with E-state index in [1.807, 2.05) is 0 Å². The van der Waals surface area contributed by atoms with Crippen molar-refractivity contribution in [2.24, 2.45) is 0 Å². The topological polar surface area (TPSA) is 89.4 Å². The SMILES string of the molecule is CCCc1c(C)c(CCC)c(CCC)c(S(=O)(=O)O)c1CCC.N. The molecule has 0 saturated carbocycles. The van der Waals surface area contributed by atoms with E-state index in [1.165, 1.54) is 5.56 Å². The zero-order valence-electron chi connectivity index (χ0n) is 16.0. The second-order valence-corrected chi connectivity index (χ2v) is 7.70. The van der Waals surface area contributed by atoms with E-state index in [0.717, 1.165) is 60.8 Å². The highest BCUT2D eigenvalue weighted by atomic mass is 32.2. The van der Waals surface area contributed by atoms with Crippen LogP contribution in [0.25, 0.3) is 0 Å². The van der Waals surface area contributed by atoms with E-state index in [1.54, 1.807) is 0 Å². The summed E-state index contributed by atoms with van der Waals surface area (Å²) in [5.74, 6) is 0. The van der Waals surface area contributed by atoms with Crippen LogP contribution in [0.5, 0.6) is 0 Å². The Kier molecular flexibility index (Phi) is 9.78. The Labute approximate surface area is 148 Å². The van der Waals surface area contributed by atoms with Crippen molar-refractivity contribution in [2.75, 3.05) is 0 Å². The molecule has 0 saturated heterocycles. The van der Waals surface area contributed by atoms with Crippen molar-refractivity contribution in [1.29, 1.82) is 0 Å². The number of hydrogen-bond donors (Lipinski definition) is 2. The van der Waals surface area contributed by atoms with Crippen LogP contribution in [0.4, 0.5) is 0 Å². The maximum Gasteiger partial charge on any atom is 0.295 e. The first-order valence-corrected chi connectivity index (χ1v) is 10.4. The average molecular weight is 358 g/mol. The zero-order valence-corrected chi connectivity index (χ0v) is 16.9. The van der Waals surface area contributed by atoms with Gasteiger partial charge in [0.05, 0.1) is 0 Å². The van der Waals surface area contributed by atoms with Crippen LogP contribution in [-0.2, 0) is 35.8 Å². The minimum absolute atomic E-state index is 0. The van der Waals surface area contributed by atoms with Gasteiger partial charge >= 0.3 is 0 Å². The van der Waals surface area contributed by atoms with Crippen molar-refractivity contribution in [3.63, 3.8) is 0 Å². The van der Waals surface area contributed by atoms with Gasteiger partial charge in [0.15, 0.2) is 0 Å². The third-order valence-electron chi connectivity index (χ3n) is 4.44. The van der Waals surface area contributed by atoms with Crippen molar-refractivity contribution in [1.82, 2.24) is 6.15 Å². The van der Waals surface area contributed by atoms with Crippen molar-refractivity contribution in [3.05, 3.63) is 27.8 Å². The van der Waals surface area contributed by atoms with Crippen molar-refractivity contribution in [2.45, 2.75) is 90.9 Å². The Bertz CT molecular complexity index is 599. The van der Waals surface area contributed by atoms with E-state index in [-0.39, 0.29) is 11.0 Å². The number of rotatable bonds is 9. The highest BCUT2D eigenvalue weighted by molar-refractivity contribution is 7.86. The Balaban J connectivity index is 0.00000529. The number of benzene rings is 1.